The Bertz CT molecular complexity index is 421. The Balaban J connectivity index is 2.02. The van der Waals surface area contributed by atoms with Gasteiger partial charge in [-0.2, -0.15) is 0 Å². The minimum absolute atomic E-state index is 0.217. The van der Waals surface area contributed by atoms with Crippen LogP contribution in [0.1, 0.15) is 49.1 Å². The predicted octanol–water partition coefficient (Wildman–Crippen LogP) is 3.07. The van der Waals surface area contributed by atoms with Gasteiger partial charge in [-0.05, 0) is 24.5 Å². The summed E-state index contributed by atoms with van der Waals surface area (Å²) in [5.41, 5.74) is 0. The first-order valence-corrected chi connectivity index (χ1v) is 6.74. The van der Waals surface area contributed by atoms with Crippen molar-refractivity contribution in [3.8, 4) is 0 Å². The van der Waals surface area contributed by atoms with E-state index in [0.717, 1.165) is 12.8 Å². The van der Waals surface area contributed by atoms with E-state index in [1.165, 1.54) is 25.5 Å². The first-order valence-electron chi connectivity index (χ1n) is 6.74. The molecule has 0 saturated heterocycles. The van der Waals surface area contributed by atoms with Crippen LogP contribution in [0.2, 0.25) is 0 Å². The molecule has 1 aromatic heterocycles. The van der Waals surface area contributed by atoms with Gasteiger partial charge in [0.15, 0.2) is 5.76 Å². The molecule has 0 bridgehead atoms. The molecule has 1 saturated carbocycles. The third-order valence-corrected chi connectivity index (χ3v) is 3.67. The van der Waals surface area contributed by atoms with E-state index in [2.05, 4.69) is 5.32 Å². The van der Waals surface area contributed by atoms with Crippen molar-refractivity contribution in [2.45, 2.75) is 44.6 Å². The fourth-order valence-corrected chi connectivity index (χ4v) is 2.73. The summed E-state index contributed by atoms with van der Waals surface area (Å²) in [7, 11) is 0. The lowest BCUT2D eigenvalue weighted by Crippen LogP contribution is -2.41. The van der Waals surface area contributed by atoms with E-state index >= 15 is 0 Å². The van der Waals surface area contributed by atoms with Crippen molar-refractivity contribution >= 4 is 11.9 Å². The molecule has 1 fully saturated rings. The fraction of sp³-hybridized carbons (Fsp3) is 0.571. The summed E-state index contributed by atoms with van der Waals surface area (Å²) in [5, 5.41) is 11.2. The molecule has 1 amide bonds. The second kappa shape index (κ2) is 6.41. The van der Waals surface area contributed by atoms with E-state index in [1.54, 1.807) is 12.1 Å². The quantitative estimate of drug-likeness (QED) is 0.802. The monoisotopic (exact) mass is 265 g/mol. The zero-order chi connectivity index (χ0) is 13.7. The SMILES string of the molecule is O=C(O)NC(CC1CCCCC1)C(=O)c1ccco1. The van der Waals surface area contributed by atoms with Gasteiger partial charge in [-0.3, -0.25) is 4.79 Å². The number of hydrogen-bond acceptors (Lipinski definition) is 3. The van der Waals surface area contributed by atoms with Gasteiger partial charge in [0.05, 0.1) is 12.3 Å². The molecule has 1 aliphatic rings. The van der Waals surface area contributed by atoms with Gasteiger partial charge < -0.3 is 14.8 Å². The van der Waals surface area contributed by atoms with E-state index < -0.39 is 12.1 Å². The van der Waals surface area contributed by atoms with Crippen LogP contribution in [-0.2, 0) is 0 Å². The molecule has 0 spiro atoms. The second-order valence-corrected chi connectivity index (χ2v) is 5.08. The Kier molecular flexibility index (Phi) is 4.60. The van der Waals surface area contributed by atoms with Crippen LogP contribution in [0.25, 0.3) is 0 Å². The fourth-order valence-electron chi connectivity index (χ4n) is 2.73. The number of amides is 1. The third-order valence-electron chi connectivity index (χ3n) is 3.67. The summed E-state index contributed by atoms with van der Waals surface area (Å²) < 4.78 is 5.06. The van der Waals surface area contributed by atoms with Crippen molar-refractivity contribution < 1.29 is 19.1 Å². The molecule has 19 heavy (non-hydrogen) atoms. The van der Waals surface area contributed by atoms with Gasteiger partial charge in [-0.25, -0.2) is 4.79 Å². The Labute approximate surface area is 112 Å². The van der Waals surface area contributed by atoms with Gasteiger partial charge in [-0.1, -0.05) is 32.1 Å². The Hall–Kier alpha value is -1.78. The van der Waals surface area contributed by atoms with Crippen molar-refractivity contribution in [2.75, 3.05) is 0 Å². The Morgan fingerprint density at radius 2 is 2.11 bits per heavy atom. The molecule has 104 valence electrons. The number of carbonyl (C=O) groups is 2. The average molecular weight is 265 g/mol. The van der Waals surface area contributed by atoms with Crippen molar-refractivity contribution in [3.05, 3.63) is 24.2 Å². The van der Waals surface area contributed by atoms with Crippen molar-refractivity contribution in [1.82, 2.24) is 5.32 Å². The molecule has 2 N–H and O–H groups in total. The minimum atomic E-state index is -1.17. The Morgan fingerprint density at radius 1 is 1.37 bits per heavy atom. The maximum atomic E-state index is 12.2. The van der Waals surface area contributed by atoms with Crippen LogP contribution in [-0.4, -0.2) is 23.0 Å². The number of Topliss-reactive ketones (excluding diaryl/α,β-unsaturated/α-hetero) is 1. The largest absolute Gasteiger partial charge is 0.465 e. The molecule has 2 rings (SSSR count). The first-order chi connectivity index (χ1) is 9.16. The molecule has 1 heterocycles. The number of ketones is 1. The third kappa shape index (κ3) is 3.84. The van der Waals surface area contributed by atoms with E-state index in [0.29, 0.717) is 12.3 Å². The topological polar surface area (TPSA) is 79.5 Å². The number of carboxylic acid groups (broad SMARTS) is 1. The van der Waals surface area contributed by atoms with Crippen LogP contribution in [0.15, 0.2) is 22.8 Å². The highest BCUT2D eigenvalue weighted by atomic mass is 16.4. The average Bonchev–Trinajstić information content (AvgIpc) is 2.91. The molecular formula is C14H19NO4. The van der Waals surface area contributed by atoms with Crippen LogP contribution in [0.4, 0.5) is 4.79 Å². The summed E-state index contributed by atoms with van der Waals surface area (Å²) in [6, 6.07) is 2.50. The van der Waals surface area contributed by atoms with E-state index in [1.807, 2.05) is 0 Å². The van der Waals surface area contributed by atoms with Gasteiger partial charge in [0.2, 0.25) is 5.78 Å². The molecular weight excluding hydrogens is 246 g/mol. The maximum absolute atomic E-state index is 12.2. The zero-order valence-corrected chi connectivity index (χ0v) is 10.8. The number of nitrogens with one attached hydrogen (secondary N) is 1. The number of furan rings is 1. The van der Waals surface area contributed by atoms with Gasteiger partial charge in [0.25, 0.3) is 0 Å². The van der Waals surface area contributed by atoms with Crippen molar-refractivity contribution in [2.24, 2.45) is 5.92 Å². The van der Waals surface area contributed by atoms with Crippen LogP contribution >= 0.6 is 0 Å². The second-order valence-electron chi connectivity index (χ2n) is 5.08. The predicted molar refractivity (Wildman–Crippen MR) is 69.2 cm³/mol. The molecule has 5 nitrogen and oxygen atoms in total. The number of rotatable bonds is 5. The highest BCUT2D eigenvalue weighted by Gasteiger charge is 2.27. The Morgan fingerprint density at radius 3 is 2.68 bits per heavy atom. The number of carbonyl (C=O) groups excluding carboxylic acids is 1. The highest BCUT2D eigenvalue weighted by Crippen LogP contribution is 2.28. The lowest BCUT2D eigenvalue weighted by atomic mass is 9.84. The zero-order valence-electron chi connectivity index (χ0n) is 10.8. The van der Waals surface area contributed by atoms with Crippen LogP contribution in [0, 0.1) is 5.92 Å². The molecule has 0 radical (unpaired) electrons. The first kappa shape index (κ1) is 13.6. The van der Waals surface area contributed by atoms with Gasteiger partial charge in [0, 0.05) is 0 Å². The number of hydrogen-bond donors (Lipinski definition) is 2. The molecule has 1 atom stereocenters. The summed E-state index contributed by atoms with van der Waals surface area (Å²) in [6.07, 6.45) is 6.53. The van der Waals surface area contributed by atoms with Crippen molar-refractivity contribution in [3.63, 3.8) is 0 Å². The van der Waals surface area contributed by atoms with Crippen molar-refractivity contribution in [1.29, 1.82) is 0 Å². The molecule has 0 aliphatic heterocycles. The van der Waals surface area contributed by atoms with E-state index in [9.17, 15) is 9.59 Å². The van der Waals surface area contributed by atoms with Crippen LogP contribution in [0.3, 0.4) is 0 Å². The molecule has 5 heteroatoms. The molecule has 1 aliphatic carbocycles. The minimum Gasteiger partial charge on any atom is -0.465 e. The molecule has 0 aromatic carbocycles. The van der Waals surface area contributed by atoms with Gasteiger partial charge in [-0.15, -0.1) is 0 Å². The molecule has 1 aromatic rings. The maximum Gasteiger partial charge on any atom is 0.405 e. The van der Waals surface area contributed by atoms with Gasteiger partial charge in [0.1, 0.15) is 0 Å². The smallest absolute Gasteiger partial charge is 0.405 e. The van der Waals surface area contributed by atoms with E-state index in [-0.39, 0.29) is 11.5 Å². The summed E-state index contributed by atoms with van der Waals surface area (Å²) in [5.74, 6) is 0.358. The van der Waals surface area contributed by atoms with Gasteiger partial charge >= 0.3 is 6.09 Å². The van der Waals surface area contributed by atoms with Crippen LogP contribution < -0.4 is 5.32 Å². The summed E-state index contributed by atoms with van der Waals surface area (Å²) in [4.78, 5) is 23.0. The summed E-state index contributed by atoms with van der Waals surface area (Å²) >= 11 is 0. The van der Waals surface area contributed by atoms with E-state index in [4.69, 9.17) is 9.52 Å². The van der Waals surface area contributed by atoms with Crippen LogP contribution in [0.5, 0.6) is 0 Å². The molecule has 1 unspecified atom stereocenters. The standard InChI is InChI=1S/C14H19NO4/c16-13(12-7-4-8-19-12)11(15-14(17)18)9-10-5-2-1-3-6-10/h4,7-8,10-11,15H,1-3,5-6,9H2,(H,17,18). The normalized spacial score (nSPS) is 17.9. The highest BCUT2D eigenvalue weighted by molar-refractivity contribution is 5.99. The lowest BCUT2D eigenvalue weighted by molar-refractivity contribution is 0.0887. The summed E-state index contributed by atoms with van der Waals surface area (Å²) in [6.45, 7) is 0. The lowest BCUT2D eigenvalue weighted by Gasteiger charge is -2.25.